The zero-order valence-corrected chi connectivity index (χ0v) is 16.1. The first kappa shape index (κ1) is 18.4. The number of carbonyl (C=O) groups excluding carboxylic acids is 1. The molecule has 6 nitrogen and oxygen atoms in total. The van der Waals surface area contributed by atoms with E-state index in [0.29, 0.717) is 6.04 Å². The van der Waals surface area contributed by atoms with Gasteiger partial charge in [-0.3, -0.25) is 9.69 Å². The minimum Gasteiger partial charge on any atom is -0.339 e. The number of aromatic nitrogens is 3. The SMILES string of the molecule is CN(Cc1ccccc1)C1CCN(C(=O)c2ccc(-n3cncn3)cc2)CC1. The van der Waals surface area contributed by atoms with Crippen molar-refractivity contribution in [2.75, 3.05) is 20.1 Å². The maximum absolute atomic E-state index is 12.8. The molecule has 0 unspecified atom stereocenters. The van der Waals surface area contributed by atoms with Gasteiger partial charge in [-0.2, -0.15) is 5.10 Å². The monoisotopic (exact) mass is 375 g/mol. The number of nitrogens with zero attached hydrogens (tertiary/aromatic N) is 5. The Kier molecular flexibility index (Phi) is 5.48. The van der Waals surface area contributed by atoms with E-state index in [1.54, 1.807) is 11.0 Å². The van der Waals surface area contributed by atoms with Gasteiger partial charge in [0.15, 0.2) is 0 Å². The lowest BCUT2D eigenvalue weighted by Gasteiger charge is -2.37. The van der Waals surface area contributed by atoms with Gasteiger partial charge in [-0.25, -0.2) is 9.67 Å². The van der Waals surface area contributed by atoms with E-state index in [0.717, 1.165) is 43.7 Å². The van der Waals surface area contributed by atoms with Gasteiger partial charge in [-0.05, 0) is 49.7 Å². The van der Waals surface area contributed by atoms with E-state index < -0.39 is 0 Å². The number of carbonyl (C=O) groups is 1. The Morgan fingerprint density at radius 2 is 1.79 bits per heavy atom. The maximum Gasteiger partial charge on any atom is 0.253 e. The molecule has 1 aromatic heterocycles. The summed E-state index contributed by atoms with van der Waals surface area (Å²) in [7, 11) is 2.18. The second-order valence-corrected chi connectivity index (χ2v) is 7.31. The van der Waals surface area contributed by atoms with Gasteiger partial charge in [-0.1, -0.05) is 30.3 Å². The molecule has 1 aliphatic rings. The third kappa shape index (κ3) is 4.12. The van der Waals surface area contributed by atoms with E-state index in [1.165, 1.54) is 11.9 Å². The Morgan fingerprint density at radius 1 is 1.07 bits per heavy atom. The van der Waals surface area contributed by atoms with Crippen LogP contribution in [0.4, 0.5) is 0 Å². The topological polar surface area (TPSA) is 54.3 Å². The Balaban J connectivity index is 1.32. The van der Waals surface area contributed by atoms with Crippen LogP contribution in [0.3, 0.4) is 0 Å². The molecular formula is C22H25N5O. The second kappa shape index (κ2) is 8.35. The molecule has 0 spiro atoms. The predicted octanol–water partition coefficient (Wildman–Crippen LogP) is 3.00. The summed E-state index contributed by atoms with van der Waals surface area (Å²) >= 11 is 0. The van der Waals surface area contributed by atoms with Gasteiger partial charge >= 0.3 is 0 Å². The highest BCUT2D eigenvalue weighted by Crippen LogP contribution is 2.20. The molecule has 144 valence electrons. The minimum absolute atomic E-state index is 0.106. The van der Waals surface area contributed by atoms with Crippen LogP contribution in [0.1, 0.15) is 28.8 Å². The van der Waals surface area contributed by atoms with Crippen molar-refractivity contribution >= 4 is 5.91 Å². The van der Waals surface area contributed by atoms with Crippen LogP contribution in [0.15, 0.2) is 67.3 Å². The molecule has 0 aliphatic carbocycles. The Hall–Kier alpha value is -2.99. The van der Waals surface area contributed by atoms with Crippen LogP contribution in [-0.2, 0) is 6.54 Å². The highest BCUT2D eigenvalue weighted by atomic mass is 16.2. The quantitative estimate of drug-likeness (QED) is 0.688. The summed E-state index contributed by atoms with van der Waals surface area (Å²) in [6.07, 6.45) is 5.16. The highest BCUT2D eigenvalue weighted by Gasteiger charge is 2.25. The van der Waals surface area contributed by atoms with E-state index in [4.69, 9.17) is 0 Å². The Morgan fingerprint density at radius 3 is 2.43 bits per heavy atom. The molecule has 1 saturated heterocycles. The second-order valence-electron chi connectivity index (χ2n) is 7.31. The number of benzene rings is 2. The van der Waals surface area contributed by atoms with Gasteiger partial charge in [0, 0.05) is 31.2 Å². The van der Waals surface area contributed by atoms with Crippen molar-refractivity contribution in [1.82, 2.24) is 24.6 Å². The molecule has 3 aromatic rings. The third-order valence-corrected chi connectivity index (χ3v) is 5.45. The molecule has 0 bridgehead atoms. The first-order chi connectivity index (χ1) is 13.7. The van der Waals surface area contributed by atoms with Crippen molar-refractivity contribution in [3.8, 4) is 5.69 Å². The van der Waals surface area contributed by atoms with Crippen molar-refractivity contribution in [1.29, 1.82) is 0 Å². The molecule has 1 fully saturated rings. The number of amides is 1. The van der Waals surface area contributed by atoms with E-state index in [9.17, 15) is 4.79 Å². The summed E-state index contributed by atoms with van der Waals surface area (Å²) in [5.41, 5.74) is 2.95. The molecule has 1 amide bonds. The molecule has 0 N–H and O–H groups in total. The van der Waals surface area contributed by atoms with E-state index in [2.05, 4.69) is 46.3 Å². The zero-order valence-electron chi connectivity index (χ0n) is 16.1. The highest BCUT2D eigenvalue weighted by molar-refractivity contribution is 5.94. The lowest BCUT2D eigenvalue weighted by molar-refractivity contribution is 0.0639. The van der Waals surface area contributed by atoms with Crippen molar-refractivity contribution in [2.24, 2.45) is 0 Å². The molecule has 6 heteroatoms. The van der Waals surface area contributed by atoms with E-state index in [1.807, 2.05) is 35.2 Å². The molecule has 2 aromatic carbocycles. The average Bonchev–Trinajstić information content (AvgIpc) is 3.29. The number of piperidine rings is 1. The normalized spacial score (nSPS) is 15.1. The van der Waals surface area contributed by atoms with Crippen LogP contribution in [0.2, 0.25) is 0 Å². The molecule has 2 heterocycles. The lowest BCUT2D eigenvalue weighted by atomic mass is 10.0. The van der Waals surface area contributed by atoms with Crippen molar-refractivity contribution < 1.29 is 4.79 Å². The predicted molar refractivity (Wildman–Crippen MR) is 108 cm³/mol. The standard InChI is InChI=1S/C22H25N5O/c1-25(15-18-5-3-2-4-6-18)20-11-13-26(14-12-20)22(28)19-7-9-21(10-8-19)27-17-23-16-24-27/h2-10,16-17,20H,11-15H2,1H3. The Labute approximate surface area is 165 Å². The molecular weight excluding hydrogens is 350 g/mol. The van der Waals surface area contributed by atoms with E-state index >= 15 is 0 Å². The molecule has 0 saturated carbocycles. The van der Waals surface area contributed by atoms with Crippen LogP contribution in [0, 0.1) is 0 Å². The molecule has 1 aliphatic heterocycles. The fourth-order valence-corrected chi connectivity index (χ4v) is 3.79. The minimum atomic E-state index is 0.106. The summed E-state index contributed by atoms with van der Waals surface area (Å²) in [4.78, 5) is 21.2. The average molecular weight is 375 g/mol. The van der Waals surface area contributed by atoms with Gasteiger partial charge in [0.05, 0.1) is 5.69 Å². The molecule has 28 heavy (non-hydrogen) atoms. The van der Waals surface area contributed by atoms with E-state index in [-0.39, 0.29) is 5.91 Å². The fraction of sp³-hybridized carbons (Fsp3) is 0.318. The van der Waals surface area contributed by atoms with Crippen LogP contribution in [0.5, 0.6) is 0 Å². The first-order valence-electron chi connectivity index (χ1n) is 9.69. The maximum atomic E-state index is 12.8. The summed E-state index contributed by atoms with van der Waals surface area (Å²) < 4.78 is 1.68. The van der Waals surface area contributed by atoms with Crippen LogP contribution in [-0.4, -0.2) is 56.7 Å². The zero-order chi connectivity index (χ0) is 19.3. The summed E-state index contributed by atoms with van der Waals surface area (Å²) in [6, 6.07) is 18.6. The lowest BCUT2D eigenvalue weighted by Crippen LogP contribution is -2.45. The van der Waals surface area contributed by atoms with Crippen LogP contribution >= 0.6 is 0 Å². The smallest absolute Gasteiger partial charge is 0.253 e. The van der Waals surface area contributed by atoms with Crippen molar-refractivity contribution in [3.63, 3.8) is 0 Å². The molecule has 4 rings (SSSR count). The van der Waals surface area contributed by atoms with Crippen molar-refractivity contribution in [3.05, 3.63) is 78.4 Å². The summed E-state index contributed by atoms with van der Waals surface area (Å²) in [6.45, 7) is 2.55. The van der Waals surface area contributed by atoms with Crippen LogP contribution < -0.4 is 0 Å². The first-order valence-corrected chi connectivity index (χ1v) is 9.69. The third-order valence-electron chi connectivity index (χ3n) is 5.45. The van der Waals surface area contributed by atoms with Crippen molar-refractivity contribution in [2.45, 2.75) is 25.4 Å². The number of hydrogen-bond donors (Lipinski definition) is 0. The van der Waals surface area contributed by atoms with Gasteiger partial charge in [0.1, 0.15) is 12.7 Å². The molecule has 0 radical (unpaired) electrons. The summed E-state index contributed by atoms with van der Waals surface area (Å²) in [5, 5.41) is 4.11. The number of rotatable bonds is 5. The number of likely N-dealkylation sites (tertiary alicyclic amines) is 1. The Bertz CT molecular complexity index is 884. The van der Waals surface area contributed by atoms with Gasteiger partial charge < -0.3 is 4.90 Å². The molecule has 0 atom stereocenters. The van der Waals surface area contributed by atoms with Gasteiger partial charge in [0.25, 0.3) is 5.91 Å². The summed E-state index contributed by atoms with van der Waals surface area (Å²) in [5.74, 6) is 0.106. The number of hydrogen-bond acceptors (Lipinski definition) is 4. The van der Waals surface area contributed by atoms with Crippen LogP contribution in [0.25, 0.3) is 5.69 Å². The van der Waals surface area contributed by atoms with Gasteiger partial charge in [-0.15, -0.1) is 0 Å². The largest absolute Gasteiger partial charge is 0.339 e. The van der Waals surface area contributed by atoms with Gasteiger partial charge in [0.2, 0.25) is 0 Å². The fourth-order valence-electron chi connectivity index (χ4n) is 3.79.